The van der Waals surface area contributed by atoms with E-state index >= 15 is 0 Å². The molecule has 2 rings (SSSR count). The van der Waals surface area contributed by atoms with Crippen LogP contribution in [0.2, 0.25) is 0 Å². The van der Waals surface area contributed by atoms with Gasteiger partial charge in [-0.1, -0.05) is 12.8 Å². The largest absolute Gasteiger partial charge is 0.314 e. The average Bonchev–Trinajstić information content (AvgIpc) is 2.96. The van der Waals surface area contributed by atoms with Crippen molar-refractivity contribution in [2.45, 2.75) is 83.3 Å². The van der Waals surface area contributed by atoms with Gasteiger partial charge in [0.05, 0.1) is 0 Å². The third-order valence-corrected chi connectivity index (χ3v) is 5.66. The number of hydrogen-bond donors (Lipinski definition) is 2. The predicted octanol–water partition coefficient (Wildman–Crippen LogP) is 3.01. The Morgan fingerprint density at radius 3 is 2.67 bits per heavy atom. The second kappa shape index (κ2) is 9.12. The molecule has 2 aliphatic rings. The molecular formula is C18H37N3. The van der Waals surface area contributed by atoms with Crippen LogP contribution in [0, 0.1) is 5.92 Å². The highest BCUT2D eigenvalue weighted by molar-refractivity contribution is 4.92. The molecule has 124 valence electrons. The predicted molar refractivity (Wildman–Crippen MR) is 91.8 cm³/mol. The Balaban J connectivity index is 1.60. The number of nitrogens with one attached hydrogen (secondary N) is 2. The van der Waals surface area contributed by atoms with Crippen molar-refractivity contribution >= 4 is 0 Å². The van der Waals surface area contributed by atoms with E-state index in [2.05, 4.69) is 36.4 Å². The minimum Gasteiger partial charge on any atom is -0.314 e. The van der Waals surface area contributed by atoms with Crippen molar-refractivity contribution in [1.29, 1.82) is 0 Å². The molecular weight excluding hydrogens is 258 g/mol. The van der Waals surface area contributed by atoms with Crippen LogP contribution in [0.15, 0.2) is 0 Å². The molecule has 0 radical (unpaired) electrons. The first-order valence-electron chi connectivity index (χ1n) is 9.35. The van der Waals surface area contributed by atoms with E-state index < -0.39 is 0 Å². The fraction of sp³-hybridized carbons (Fsp3) is 1.00. The van der Waals surface area contributed by atoms with Crippen LogP contribution in [0.3, 0.4) is 0 Å². The summed E-state index contributed by atoms with van der Waals surface area (Å²) in [6.45, 7) is 8.24. The maximum absolute atomic E-state index is 3.87. The van der Waals surface area contributed by atoms with E-state index in [0.717, 1.165) is 18.0 Å². The molecule has 1 saturated heterocycles. The molecule has 1 saturated carbocycles. The molecule has 0 spiro atoms. The molecule has 3 unspecified atom stereocenters. The van der Waals surface area contributed by atoms with E-state index in [9.17, 15) is 0 Å². The van der Waals surface area contributed by atoms with E-state index in [0.29, 0.717) is 6.04 Å². The second-order valence-corrected chi connectivity index (χ2v) is 7.49. The van der Waals surface area contributed by atoms with Crippen LogP contribution in [0.1, 0.15) is 65.2 Å². The summed E-state index contributed by atoms with van der Waals surface area (Å²) in [5.41, 5.74) is 0. The minimum atomic E-state index is 0.676. The first-order valence-corrected chi connectivity index (χ1v) is 9.35. The van der Waals surface area contributed by atoms with Crippen LogP contribution >= 0.6 is 0 Å². The Bertz CT molecular complexity index is 274. The van der Waals surface area contributed by atoms with Gasteiger partial charge in [-0.15, -0.1) is 0 Å². The number of unbranched alkanes of at least 4 members (excludes halogenated alkanes) is 1. The van der Waals surface area contributed by atoms with Gasteiger partial charge >= 0.3 is 0 Å². The lowest BCUT2D eigenvalue weighted by Gasteiger charge is -2.33. The number of nitrogens with zero attached hydrogens (tertiary/aromatic N) is 1. The summed E-state index contributed by atoms with van der Waals surface area (Å²) in [7, 11) is 2.24. The van der Waals surface area contributed by atoms with E-state index in [1.54, 1.807) is 0 Å². The molecule has 21 heavy (non-hydrogen) atoms. The molecule has 3 heteroatoms. The normalized spacial score (nSPS) is 30.4. The molecule has 0 aromatic heterocycles. The molecule has 3 atom stereocenters. The maximum atomic E-state index is 3.87. The van der Waals surface area contributed by atoms with Gasteiger partial charge in [0.2, 0.25) is 0 Å². The first-order chi connectivity index (χ1) is 10.2. The number of piperidine rings is 1. The monoisotopic (exact) mass is 295 g/mol. The van der Waals surface area contributed by atoms with Crippen molar-refractivity contribution in [3.63, 3.8) is 0 Å². The Morgan fingerprint density at radius 1 is 1.10 bits per heavy atom. The standard InChI is InChI=1S/C18H37N3/c1-15(2)21(3)14-7-6-13-20-18-11-8-9-16(18)17-10-4-5-12-19-17/h15-20H,4-14H2,1-3H3. The van der Waals surface area contributed by atoms with Crippen molar-refractivity contribution in [3.8, 4) is 0 Å². The summed E-state index contributed by atoms with van der Waals surface area (Å²) in [5, 5.41) is 7.65. The molecule has 2 fully saturated rings. The summed E-state index contributed by atoms with van der Waals surface area (Å²) in [6, 6.07) is 2.25. The van der Waals surface area contributed by atoms with Gasteiger partial charge in [0.15, 0.2) is 0 Å². The molecule has 0 amide bonds. The Kier molecular flexibility index (Phi) is 7.48. The summed E-state index contributed by atoms with van der Waals surface area (Å²) in [6.07, 6.45) is 11.1. The van der Waals surface area contributed by atoms with Crippen molar-refractivity contribution in [1.82, 2.24) is 15.5 Å². The fourth-order valence-corrected chi connectivity index (χ4v) is 4.00. The van der Waals surface area contributed by atoms with Crippen LogP contribution in [0.4, 0.5) is 0 Å². The molecule has 1 heterocycles. The van der Waals surface area contributed by atoms with Crippen LogP contribution in [0.5, 0.6) is 0 Å². The van der Waals surface area contributed by atoms with Crippen molar-refractivity contribution in [2.75, 3.05) is 26.7 Å². The van der Waals surface area contributed by atoms with Crippen LogP contribution in [-0.2, 0) is 0 Å². The molecule has 0 aromatic rings. The third kappa shape index (κ3) is 5.54. The third-order valence-electron chi connectivity index (χ3n) is 5.66. The summed E-state index contributed by atoms with van der Waals surface area (Å²) in [4.78, 5) is 2.45. The lowest BCUT2D eigenvalue weighted by Crippen LogP contribution is -2.47. The van der Waals surface area contributed by atoms with Gasteiger partial charge in [-0.25, -0.2) is 0 Å². The van der Waals surface area contributed by atoms with Gasteiger partial charge in [-0.3, -0.25) is 0 Å². The Labute approximate surface area is 132 Å². The van der Waals surface area contributed by atoms with Gasteiger partial charge in [-0.05, 0) is 85.0 Å². The topological polar surface area (TPSA) is 27.3 Å². The van der Waals surface area contributed by atoms with Crippen LogP contribution in [-0.4, -0.2) is 49.7 Å². The van der Waals surface area contributed by atoms with Crippen LogP contribution in [0.25, 0.3) is 0 Å². The molecule has 1 aliphatic heterocycles. The first kappa shape index (κ1) is 17.2. The van der Waals surface area contributed by atoms with Gasteiger partial charge in [0.25, 0.3) is 0 Å². The van der Waals surface area contributed by atoms with Crippen LogP contribution < -0.4 is 10.6 Å². The van der Waals surface area contributed by atoms with Gasteiger partial charge in [0.1, 0.15) is 0 Å². The van der Waals surface area contributed by atoms with Gasteiger partial charge in [0, 0.05) is 18.1 Å². The SMILES string of the molecule is CC(C)N(C)CCCCNC1CCCC1C1CCCCN1. The summed E-state index contributed by atoms with van der Waals surface area (Å²) in [5.74, 6) is 0.892. The Morgan fingerprint density at radius 2 is 1.95 bits per heavy atom. The molecule has 2 N–H and O–H groups in total. The highest BCUT2D eigenvalue weighted by Gasteiger charge is 2.33. The van der Waals surface area contributed by atoms with E-state index in [4.69, 9.17) is 0 Å². The quantitative estimate of drug-likeness (QED) is 0.674. The zero-order valence-electron chi connectivity index (χ0n) is 14.5. The molecule has 3 nitrogen and oxygen atoms in total. The molecule has 0 bridgehead atoms. The van der Waals surface area contributed by atoms with Gasteiger partial charge in [-0.2, -0.15) is 0 Å². The maximum Gasteiger partial charge on any atom is 0.0110 e. The average molecular weight is 296 g/mol. The zero-order valence-corrected chi connectivity index (χ0v) is 14.5. The summed E-state index contributed by atoms with van der Waals surface area (Å²) < 4.78 is 0. The molecule has 1 aliphatic carbocycles. The van der Waals surface area contributed by atoms with Crippen molar-refractivity contribution < 1.29 is 0 Å². The minimum absolute atomic E-state index is 0.676. The lowest BCUT2D eigenvalue weighted by molar-refractivity contribution is 0.251. The van der Waals surface area contributed by atoms with Crippen molar-refractivity contribution in [3.05, 3.63) is 0 Å². The second-order valence-electron chi connectivity index (χ2n) is 7.49. The zero-order chi connectivity index (χ0) is 15.1. The fourth-order valence-electron chi connectivity index (χ4n) is 4.00. The number of hydrogen-bond acceptors (Lipinski definition) is 3. The van der Waals surface area contributed by atoms with Crippen molar-refractivity contribution in [2.24, 2.45) is 5.92 Å². The highest BCUT2D eigenvalue weighted by atomic mass is 15.1. The highest BCUT2D eigenvalue weighted by Crippen LogP contribution is 2.31. The lowest BCUT2D eigenvalue weighted by atomic mass is 9.88. The smallest absolute Gasteiger partial charge is 0.0110 e. The van der Waals surface area contributed by atoms with E-state index in [1.807, 2.05) is 0 Å². The molecule has 0 aromatic carbocycles. The number of rotatable bonds is 8. The summed E-state index contributed by atoms with van der Waals surface area (Å²) >= 11 is 0. The van der Waals surface area contributed by atoms with E-state index in [-0.39, 0.29) is 0 Å². The van der Waals surface area contributed by atoms with Gasteiger partial charge < -0.3 is 15.5 Å². The van der Waals surface area contributed by atoms with E-state index in [1.165, 1.54) is 71.0 Å². The Hall–Kier alpha value is -0.120.